The number of carbonyl (C=O) groups is 1. The third kappa shape index (κ3) is 2.60. The second kappa shape index (κ2) is 5.86. The first-order chi connectivity index (χ1) is 10.6. The van der Waals surface area contributed by atoms with Gasteiger partial charge in [-0.25, -0.2) is 9.67 Å². The van der Waals surface area contributed by atoms with Crippen LogP contribution in [-0.4, -0.2) is 42.3 Å². The van der Waals surface area contributed by atoms with Crippen molar-refractivity contribution in [2.24, 2.45) is 0 Å². The number of likely N-dealkylation sites (tertiary alicyclic amines) is 1. The zero-order valence-corrected chi connectivity index (χ0v) is 13.0. The second-order valence-corrected chi connectivity index (χ2v) is 5.89. The van der Waals surface area contributed by atoms with Crippen LogP contribution in [0.4, 0.5) is 0 Å². The summed E-state index contributed by atoms with van der Waals surface area (Å²) in [5.41, 5.74) is 0. The van der Waals surface area contributed by atoms with Gasteiger partial charge in [-0.15, -0.1) is 0 Å². The van der Waals surface area contributed by atoms with E-state index in [1.165, 1.54) is 6.33 Å². The van der Waals surface area contributed by atoms with Crippen LogP contribution in [-0.2, 0) is 4.79 Å². The molecule has 2 atom stereocenters. The summed E-state index contributed by atoms with van der Waals surface area (Å²) in [6.07, 6.45) is 4.77. The summed E-state index contributed by atoms with van der Waals surface area (Å²) in [6.45, 7) is 6.53. The Hall–Kier alpha value is -2.25. The Bertz CT molecular complexity index is 636. The summed E-state index contributed by atoms with van der Waals surface area (Å²) in [5, 5.41) is 8.10. The molecule has 1 aliphatic rings. The summed E-state index contributed by atoms with van der Waals surface area (Å²) in [4.78, 5) is 22.9. The summed E-state index contributed by atoms with van der Waals surface area (Å²) in [6, 6.07) is -0.505. The van der Waals surface area contributed by atoms with Crippen molar-refractivity contribution in [1.29, 1.82) is 0 Å². The van der Waals surface area contributed by atoms with E-state index in [0.717, 1.165) is 12.8 Å². The van der Waals surface area contributed by atoms with Gasteiger partial charge in [0, 0.05) is 12.5 Å². The minimum Gasteiger partial charge on any atom is -0.339 e. The molecule has 1 amide bonds. The van der Waals surface area contributed by atoms with E-state index in [4.69, 9.17) is 4.52 Å². The number of carbonyl (C=O) groups excluding carboxylic acids is 1. The van der Waals surface area contributed by atoms with Crippen molar-refractivity contribution >= 4 is 5.91 Å². The first-order valence-corrected chi connectivity index (χ1v) is 7.56. The fourth-order valence-corrected chi connectivity index (χ4v) is 2.69. The second-order valence-electron chi connectivity index (χ2n) is 5.89. The van der Waals surface area contributed by atoms with E-state index in [2.05, 4.69) is 20.2 Å². The zero-order valence-electron chi connectivity index (χ0n) is 13.0. The molecule has 2 unspecified atom stereocenters. The van der Waals surface area contributed by atoms with E-state index < -0.39 is 0 Å². The highest BCUT2D eigenvalue weighted by Crippen LogP contribution is 2.32. The number of aromatic nitrogens is 5. The van der Waals surface area contributed by atoms with Crippen molar-refractivity contribution < 1.29 is 9.32 Å². The Kier molecular flexibility index (Phi) is 3.91. The molecule has 0 radical (unpaired) electrons. The average molecular weight is 304 g/mol. The first-order valence-electron chi connectivity index (χ1n) is 7.56. The zero-order chi connectivity index (χ0) is 15.7. The highest BCUT2D eigenvalue weighted by Gasteiger charge is 2.36. The molecule has 0 saturated carbocycles. The number of hydrogen-bond donors (Lipinski definition) is 0. The molecule has 2 aromatic rings. The molecule has 2 aromatic heterocycles. The maximum absolute atomic E-state index is 12.7. The molecule has 1 saturated heterocycles. The predicted molar refractivity (Wildman–Crippen MR) is 76.8 cm³/mol. The first kappa shape index (κ1) is 14.7. The van der Waals surface area contributed by atoms with Gasteiger partial charge < -0.3 is 9.42 Å². The third-order valence-corrected chi connectivity index (χ3v) is 3.98. The maximum atomic E-state index is 12.7. The molecule has 3 heterocycles. The molecule has 0 aromatic carbocycles. The van der Waals surface area contributed by atoms with Gasteiger partial charge in [0.15, 0.2) is 5.82 Å². The lowest BCUT2D eigenvalue weighted by molar-refractivity contribution is -0.135. The lowest BCUT2D eigenvalue weighted by Crippen LogP contribution is -2.36. The van der Waals surface area contributed by atoms with Gasteiger partial charge in [-0.2, -0.15) is 10.1 Å². The van der Waals surface area contributed by atoms with Gasteiger partial charge >= 0.3 is 0 Å². The minimum atomic E-state index is -0.389. The number of rotatable bonds is 4. The molecule has 0 aliphatic carbocycles. The topological polar surface area (TPSA) is 89.9 Å². The monoisotopic (exact) mass is 304 g/mol. The van der Waals surface area contributed by atoms with Crippen LogP contribution in [0.15, 0.2) is 17.2 Å². The van der Waals surface area contributed by atoms with E-state index in [0.29, 0.717) is 18.3 Å². The molecule has 0 spiro atoms. The Balaban J connectivity index is 1.79. The largest absolute Gasteiger partial charge is 0.339 e. The molecule has 22 heavy (non-hydrogen) atoms. The predicted octanol–water partition coefficient (Wildman–Crippen LogP) is 1.71. The Labute approximate surface area is 128 Å². The van der Waals surface area contributed by atoms with Crippen LogP contribution in [0.25, 0.3) is 0 Å². The van der Waals surface area contributed by atoms with Gasteiger partial charge in [-0.05, 0) is 19.8 Å². The summed E-state index contributed by atoms with van der Waals surface area (Å²) < 4.78 is 6.84. The maximum Gasteiger partial charge on any atom is 0.247 e. The standard InChI is InChI=1S/C14H20N6O2/c1-9(2)13-17-12(18-22-13)11-5-4-6-19(11)14(21)10(3)20-8-15-7-16-20/h7-11H,4-6H2,1-3H3. The van der Waals surface area contributed by atoms with Gasteiger partial charge in [-0.3, -0.25) is 4.79 Å². The van der Waals surface area contributed by atoms with Crippen LogP contribution in [0.1, 0.15) is 63.3 Å². The van der Waals surface area contributed by atoms with Crippen molar-refractivity contribution in [3.05, 3.63) is 24.4 Å². The van der Waals surface area contributed by atoms with Gasteiger partial charge in [0.25, 0.3) is 0 Å². The number of amides is 1. The van der Waals surface area contributed by atoms with E-state index >= 15 is 0 Å². The molecular formula is C14H20N6O2. The van der Waals surface area contributed by atoms with Crippen LogP contribution >= 0.6 is 0 Å². The summed E-state index contributed by atoms with van der Waals surface area (Å²) in [7, 11) is 0. The van der Waals surface area contributed by atoms with Crippen LogP contribution in [0.2, 0.25) is 0 Å². The lowest BCUT2D eigenvalue weighted by Gasteiger charge is -2.25. The van der Waals surface area contributed by atoms with Crippen molar-refractivity contribution in [2.75, 3.05) is 6.54 Å². The smallest absolute Gasteiger partial charge is 0.247 e. The number of nitrogens with zero attached hydrogens (tertiary/aromatic N) is 6. The number of hydrogen-bond acceptors (Lipinski definition) is 6. The van der Waals surface area contributed by atoms with Crippen LogP contribution in [0, 0.1) is 0 Å². The molecule has 3 rings (SSSR count). The lowest BCUT2D eigenvalue weighted by atomic mass is 10.2. The van der Waals surface area contributed by atoms with E-state index in [9.17, 15) is 4.79 Å². The Morgan fingerprint density at radius 3 is 2.86 bits per heavy atom. The van der Waals surface area contributed by atoms with Crippen LogP contribution in [0.3, 0.4) is 0 Å². The van der Waals surface area contributed by atoms with Gasteiger partial charge in [0.1, 0.15) is 18.7 Å². The quantitative estimate of drug-likeness (QED) is 0.854. The highest BCUT2D eigenvalue weighted by molar-refractivity contribution is 5.80. The molecule has 8 nitrogen and oxygen atoms in total. The van der Waals surface area contributed by atoms with E-state index in [1.807, 2.05) is 25.7 Å². The Morgan fingerprint density at radius 2 is 2.23 bits per heavy atom. The molecule has 1 fully saturated rings. The molecule has 0 N–H and O–H groups in total. The molecule has 8 heteroatoms. The van der Waals surface area contributed by atoms with Crippen molar-refractivity contribution in [3.63, 3.8) is 0 Å². The minimum absolute atomic E-state index is 0.00361. The van der Waals surface area contributed by atoms with Gasteiger partial charge in [-0.1, -0.05) is 19.0 Å². The molecule has 0 bridgehead atoms. The normalized spacial score (nSPS) is 19.8. The van der Waals surface area contributed by atoms with Crippen molar-refractivity contribution in [2.45, 2.75) is 51.6 Å². The summed E-state index contributed by atoms with van der Waals surface area (Å²) in [5.74, 6) is 1.39. The van der Waals surface area contributed by atoms with Crippen molar-refractivity contribution in [3.8, 4) is 0 Å². The van der Waals surface area contributed by atoms with Gasteiger partial charge in [0.2, 0.25) is 11.8 Å². The third-order valence-electron chi connectivity index (χ3n) is 3.98. The Morgan fingerprint density at radius 1 is 1.41 bits per heavy atom. The molecule has 1 aliphatic heterocycles. The summed E-state index contributed by atoms with van der Waals surface area (Å²) >= 11 is 0. The fourth-order valence-electron chi connectivity index (χ4n) is 2.69. The van der Waals surface area contributed by atoms with Crippen LogP contribution < -0.4 is 0 Å². The van der Waals surface area contributed by atoms with Crippen molar-refractivity contribution in [1.82, 2.24) is 29.8 Å². The SMILES string of the molecule is CC(C)c1nc(C2CCCN2C(=O)C(C)n2cncn2)no1. The highest BCUT2D eigenvalue weighted by atomic mass is 16.5. The van der Waals surface area contributed by atoms with E-state index in [1.54, 1.807) is 11.0 Å². The van der Waals surface area contributed by atoms with Crippen LogP contribution in [0.5, 0.6) is 0 Å². The van der Waals surface area contributed by atoms with Gasteiger partial charge in [0.05, 0.1) is 6.04 Å². The molecule has 118 valence electrons. The average Bonchev–Trinajstić information content (AvgIpc) is 3.24. The fraction of sp³-hybridized carbons (Fsp3) is 0.643. The van der Waals surface area contributed by atoms with E-state index in [-0.39, 0.29) is 23.9 Å². The molecular weight excluding hydrogens is 284 g/mol.